The Balaban J connectivity index is 1.64. The van der Waals surface area contributed by atoms with Crippen molar-refractivity contribution in [3.63, 3.8) is 0 Å². The van der Waals surface area contributed by atoms with Crippen LogP contribution < -0.4 is 10.1 Å². The first-order chi connectivity index (χ1) is 13.3. The molecular formula is C20H32N4O3S. The molecule has 1 aliphatic carbocycles. The lowest BCUT2D eigenvalue weighted by Crippen LogP contribution is -2.57. The van der Waals surface area contributed by atoms with Crippen molar-refractivity contribution < 1.29 is 13.2 Å². The number of hydrogen-bond acceptors (Lipinski definition) is 5. The van der Waals surface area contributed by atoms with Gasteiger partial charge in [0.1, 0.15) is 6.10 Å². The molecule has 2 heterocycles. The number of ether oxygens (including phenoxy) is 1. The van der Waals surface area contributed by atoms with Crippen molar-refractivity contribution in [1.82, 2.24) is 15.2 Å². The lowest BCUT2D eigenvalue weighted by Gasteiger charge is -2.39. The molecule has 8 heteroatoms. The van der Waals surface area contributed by atoms with E-state index in [-0.39, 0.29) is 5.75 Å². The first kappa shape index (κ1) is 20.9. The summed E-state index contributed by atoms with van der Waals surface area (Å²) in [4.78, 5) is 11.2. The van der Waals surface area contributed by atoms with Crippen molar-refractivity contribution in [3.8, 4) is 5.88 Å². The van der Waals surface area contributed by atoms with Crippen LogP contribution in [-0.4, -0.2) is 60.5 Å². The molecule has 3 rings (SSSR count). The van der Waals surface area contributed by atoms with E-state index in [1.165, 1.54) is 12.8 Å². The van der Waals surface area contributed by atoms with Gasteiger partial charge in [0.15, 0.2) is 15.8 Å². The summed E-state index contributed by atoms with van der Waals surface area (Å²) < 4.78 is 29.6. The maximum absolute atomic E-state index is 12.3. The number of aliphatic imine (C=N–C) groups is 1. The van der Waals surface area contributed by atoms with Crippen LogP contribution in [0.3, 0.4) is 0 Å². The first-order valence-corrected chi connectivity index (χ1v) is 11.8. The minimum atomic E-state index is -3.07. The van der Waals surface area contributed by atoms with E-state index in [0.29, 0.717) is 31.6 Å². The zero-order valence-corrected chi connectivity index (χ0v) is 18.0. The van der Waals surface area contributed by atoms with Gasteiger partial charge in [-0.3, -0.25) is 0 Å². The van der Waals surface area contributed by atoms with Crippen LogP contribution in [0.25, 0.3) is 0 Å². The van der Waals surface area contributed by atoms with Crippen LogP contribution in [0.2, 0.25) is 0 Å². The van der Waals surface area contributed by atoms with Crippen LogP contribution in [0.4, 0.5) is 0 Å². The van der Waals surface area contributed by atoms with Crippen molar-refractivity contribution in [2.75, 3.05) is 25.4 Å². The summed E-state index contributed by atoms with van der Waals surface area (Å²) in [5, 5.41) is 3.28. The van der Waals surface area contributed by atoms with Gasteiger partial charge >= 0.3 is 0 Å². The van der Waals surface area contributed by atoms with Crippen LogP contribution in [0.5, 0.6) is 5.88 Å². The number of nitrogens with zero attached hydrogens (tertiary/aromatic N) is 3. The molecule has 1 saturated carbocycles. The molecule has 156 valence electrons. The highest BCUT2D eigenvalue weighted by molar-refractivity contribution is 7.92. The van der Waals surface area contributed by atoms with Gasteiger partial charge < -0.3 is 15.0 Å². The molecule has 0 aromatic carbocycles. The van der Waals surface area contributed by atoms with Crippen LogP contribution in [-0.2, 0) is 16.4 Å². The van der Waals surface area contributed by atoms with Crippen LogP contribution in [0.1, 0.15) is 52.0 Å². The molecule has 0 unspecified atom stereocenters. The van der Waals surface area contributed by atoms with E-state index in [0.717, 1.165) is 30.9 Å². The SMILES string of the molecule is CCNC(=NCc1ccc(OC2CCCC2)nc1)N1CCS(=O)(=O)C(C)(C)C1. The average molecular weight is 409 g/mol. The zero-order valence-electron chi connectivity index (χ0n) is 17.1. The molecule has 1 N–H and O–H groups in total. The van der Waals surface area contributed by atoms with E-state index >= 15 is 0 Å². The molecular weight excluding hydrogens is 376 g/mol. The monoisotopic (exact) mass is 408 g/mol. The Bertz CT molecular complexity index is 784. The molecule has 7 nitrogen and oxygen atoms in total. The number of rotatable bonds is 5. The van der Waals surface area contributed by atoms with Crippen LogP contribution >= 0.6 is 0 Å². The van der Waals surface area contributed by atoms with E-state index in [4.69, 9.17) is 9.73 Å². The molecule has 0 radical (unpaired) electrons. The lowest BCUT2D eigenvalue weighted by atomic mass is 10.2. The van der Waals surface area contributed by atoms with E-state index in [9.17, 15) is 8.42 Å². The van der Waals surface area contributed by atoms with E-state index in [1.807, 2.05) is 30.2 Å². The minimum Gasteiger partial charge on any atom is -0.474 e. The van der Waals surface area contributed by atoms with Crippen LogP contribution in [0.15, 0.2) is 23.3 Å². The van der Waals surface area contributed by atoms with Gasteiger partial charge in [0.05, 0.1) is 17.0 Å². The van der Waals surface area contributed by atoms with Crippen molar-refractivity contribution in [2.24, 2.45) is 4.99 Å². The third kappa shape index (κ3) is 4.96. The Labute approximate surface area is 168 Å². The standard InChI is InChI=1S/C20H32N4O3S/c1-4-21-19(24-11-12-28(25,26)20(2,3)15-24)23-14-16-9-10-18(22-13-16)27-17-7-5-6-8-17/h9-10,13,17H,4-8,11-12,14-15H2,1-3H3,(H,21,23). The Morgan fingerprint density at radius 3 is 2.71 bits per heavy atom. The summed E-state index contributed by atoms with van der Waals surface area (Å²) in [6, 6.07) is 3.90. The minimum absolute atomic E-state index is 0.152. The van der Waals surface area contributed by atoms with Crippen molar-refractivity contribution >= 4 is 15.8 Å². The Morgan fingerprint density at radius 2 is 2.11 bits per heavy atom. The second-order valence-corrected chi connectivity index (χ2v) is 10.9. The highest BCUT2D eigenvalue weighted by atomic mass is 32.2. The zero-order chi connectivity index (χ0) is 20.2. The Hall–Kier alpha value is -1.83. The fraction of sp³-hybridized carbons (Fsp3) is 0.700. The quantitative estimate of drug-likeness (QED) is 0.595. The van der Waals surface area contributed by atoms with Crippen molar-refractivity contribution in [2.45, 2.75) is 63.9 Å². The number of sulfone groups is 1. The van der Waals surface area contributed by atoms with Gasteiger partial charge in [-0.15, -0.1) is 0 Å². The Morgan fingerprint density at radius 1 is 1.36 bits per heavy atom. The van der Waals surface area contributed by atoms with Gasteiger partial charge in [-0.25, -0.2) is 18.4 Å². The van der Waals surface area contributed by atoms with Crippen molar-refractivity contribution in [3.05, 3.63) is 23.9 Å². The average Bonchev–Trinajstić information content (AvgIpc) is 3.15. The molecule has 1 aromatic rings. The highest BCUT2D eigenvalue weighted by Crippen LogP contribution is 2.24. The molecule has 1 saturated heterocycles. The molecule has 0 amide bonds. The predicted molar refractivity (Wildman–Crippen MR) is 111 cm³/mol. The molecule has 1 aromatic heterocycles. The molecule has 2 fully saturated rings. The second-order valence-electron chi connectivity index (χ2n) is 8.20. The summed E-state index contributed by atoms with van der Waals surface area (Å²) in [5.74, 6) is 1.57. The molecule has 0 bridgehead atoms. The highest BCUT2D eigenvalue weighted by Gasteiger charge is 2.40. The third-order valence-electron chi connectivity index (χ3n) is 5.48. The van der Waals surface area contributed by atoms with Crippen molar-refractivity contribution in [1.29, 1.82) is 0 Å². The lowest BCUT2D eigenvalue weighted by molar-refractivity contribution is 0.201. The molecule has 0 atom stereocenters. The van der Waals surface area contributed by atoms with Gasteiger partial charge in [-0.05, 0) is 52.0 Å². The summed E-state index contributed by atoms with van der Waals surface area (Å²) >= 11 is 0. The number of nitrogens with one attached hydrogen (secondary N) is 1. The molecule has 0 spiro atoms. The van der Waals surface area contributed by atoms with E-state index in [2.05, 4.69) is 10.3 Å². The summed E-state index contributed by atoms with van der Waals surface area (Å²) in [6.07, 6.45) is 6.81. The topological polar surface area (TPSA) is 83.9 Å². The number of pyridine rings is 1. The van der Waals surface area contributed by atoms with Crippen LogP contribution in [0, 0.1) is 0 Å². The second kappa shape index (κ2) is 8.68. The smallest absolute Gasteiger partial charge is 0.213 e. The van der Waals surface area contributed by atoms with Gasteiger partial charge in [-0.2, -0.15) is 0 Å². The van der Waals surface area contributed by atoms with E-state index < -0.39 is 14.6 Å². The number of guanidine groups is 1. The number of aromatic nitrogens is 1. The first-order valence-electron chi connectivity index (χ1n) is 10.2. The largest absolute Gasteiger partial charge is 0.474 e. The summed E-state index contributed by atoms with van der Waals surface area (Å²) in [7, 11) is -3.07. The third-order valence-corrected chi connectivity index (χ3v) is 8.01. The molecule has 28 heavy (non-hydrogen) atoms. The van der Waals surface area contributed by atoms with Gasteiger partial charge in [0.2, 0.25) is 5.88 Å². The Kier molecular flexibility index (Phi) is 6.47. The summed E-state index contributed by atoms with van der Waals surface area (Å²) in [5.41, 5.74) is 0.998. The van der Waals surface area contributed by atoms with Gasteiger partial charge in [0, 0.05) is 31.9 Å². The van der Waals surface area contributed by atoms with Gasteiger partial charge in [0.25, 0.3) is 0 Å². The molecule has 1 aliphatic heterocycles. The maximum atomic E-state index is 12.3. The maximum Gasteiger partial charge on any atom is 0.213 e. The van der Waals surface area contributed by atoms with E-state index in [1.54, 1.807) is 13.8 Å². The summed E-state index contributed by atoms with van der Waals surface area (Å²) in [6.45, 7) is 7.70. The fourth-order valence-electron chi connectivity index (χ4n) is 3.67. The fourth-order valence-corrected chi connectivity index (χ4v) is 5.03. The number of hydrogen-bond donors (Lipinski definition) is 1. The predicted octanol–water partition coefficient (Wildman–Crippen LogP) is 2.38. The van der Waals surface area contributed by atoms with Gasteiger partial charge in [-0.1, -0.05) is 6.07 Å². The molecule has 2 aliphatic rings. The normalized spacial score (nSPS) is 22.2.